The van der Waals surface area contributed by atoms with Gasteiger partial charge in [0.05, 0.1) is 0 Å². The highest BCUT2D eigenvalue weighted by Crippen LogP contribution is 2.71. The Morgan fingerprint density at radius 2 is 0.327 bits per heavy atom. The summed E-state index contributed by atoms with van der Waals surface area (Å²) < 4.78 is 121. The number of carbonyl (C=O) groups excluding carboxylic acids is 5. The fourth-order valence-corrected chi connectivity index (χ4v) is 29.8. The molecule has 0 bridgehead atoms. The molecule has 5 fully saturated rings. The highest BCUT2D eigenvalue weighted by atomic mass is 31.3. The number of hydrogen-bond donors (Lipinski definition) is 25. The fraction of sp³-hybridized carbons (Fsp3) is 0.907. The predicted octanol–water partition coefficient (Wildman–Crippen LogP) is 2.57. The van der Waals surface area contributed by atoms with Crippen LogP contribution in [-0.2, 0) is 69.6 Å². The molecule has 634 valence electrons. The first-order valence-corrected chi connectivity index (χ1v) is 49.4. The van der Waals surface area contributed by atoms with Crippen LogP contribution in [0.15, 0.2) is 0 Å². The van der Waals surface area contributed by atoms with Gasteiger partial charge < -0.3 is 124 Å². The van der Waals surface area contributed by atoms with E-state index in [9.17, 15) is 167 Å². The number of nitrogens with zero attached hydrogens (tertiary/aromatic N) is 3. The summed E-state index contributed by atoms with van der Waals surface area (Å²) in [4.78, 5) is 246. The first-order valence-electron chi connectivity index (χ1n) is 32.6. The largest absolute Gasteiger partial charge is 0.355 e. The van der Waals surface area contributed by atoms with Crippen molar-refractivity contribution in [2.75, 3.05) is 26.2 Å². The number of rotatable bonds is 21. The Morgan fingerprint density at radius 1 is 0.224 bits per heavy atom. The summed E-state index contributed by atoms with van der Waals surface area (Å²) in [5.74, 6) is 1.87. The van der Waals surface area contributed by atoms with Crippen LogP contribution in [0.4, 0.5) is 0 Å². The van der Waals surface area contributed by atoms with Crippen LogP contribution in [0.5, 0.6) is 0 Å². The molecular weight excluding hydrogens is 1630 g/mol. The van der Waals surface area contributed by atoms with Crippen molar-refractivity contribution in [3.63, 3.8) is 0 Å². The van der Waals surface area contributed by atoms with Crippen LogP contribution in [0.2, 0.25) is 0 Å². The second-order valence-corrected chi connectivity index (χ2v) is 52.8. The Labute approximate surface area is 622 Å². The number of nitrogens with one attached hydrogen (secondary N) is 5. The van der Waals surface area contributed by atoms with Crippen LogP contribution in [0, 0.1) is 0 Å². The lowest BCUT2D eigenvalue weighted by molar-refractivity contribution is -0.125. The average molecular weight is 1750 g/mol. The summed E-state index contributed by atoms with van der Waals surface area (Å²) in [6, 6.07) is 0. The minimum absolute atomic E-state index is 0.0150. The molecule has 107 heavy (non-hydrogen) atoms. The molecule has 25 N–H and O–H groups in total. The van der Waals surface area contributed by atoms with Gasteiger partial charge in [-0.15, -0.1) is 0 Å². The van der Waals surface area contributed by atoms with Crippen molar-refractivity contribution in [3.8, 4) is 0 Å². The molecule has 0 aromatic carbocycles. The molecule has 0 aromatic rings. The van der Waals surface area contributed by atoms with Crippen molar-refractivity contribution in [1.29, 1.82) is 0 Å². The zero-order valence-corrected chi connectivity index (χ0v) is 72.6. The van der Waals surface area contributed by atoms with Crippen molar-refractivity contribution in [2.45, 2.75) is 286 Å². The van der Waals surface area contributed by atoms with Crippen molar-refractivity contribution in [1.82, 2.24) is 41.3 Å². The van der Waals surface area contributed by atoms with E-state index in [1.807, 2.05) is 0 Å². The fourth-order valence-electron chi connectivity index (χ4n) is 14.7. The number of Topliss-reactive ketones (excluding diaryl/α,β-unsaturated/α-hetero) is 5. The molecule has 0 aromatic heterocycles. The van der Waals surface area contributed by atoms with Gasteiger partial charge in [0.15, 0.2) is 0 Å². The first-order chi connectivity index (χ1) is 46.2. The molecule has 0 saturated carbocycles. The molecule has 5 heterocycles. The number of piperidine rings is 5. The number of ketones is 5. The van der Waals surface area contributed by atoms with Crippen LogP contribution in [-0.4, -0.2) is 251 Å². The third kappa shape index (κ3) is 39.4. The molecule has 53 heteroatoms. The maximum Gasteiger partial charge on any atom is 0.355 e. The SMILES string of the molecule is CC1(C)CC(=O)CC(C)(C)N1.CC1(C)CC(=O)CC(C)(C)N1.CC1(C)CC(=O)CC(C)(C)N1.CC1(C)CC(=O)CC(C)(C)N1.CC1(C)CC(=O)CC(C)(C)N1.O=P(O)(O)C(N(CCN(C(P(=O)(O)O)P(=O)(O)O)C(P(=O)(O)O)P(=O)(O)O)CCN(C(P(=O)(O)O)P(=O)(O)O)C(P(=O)(O)O)P(=O)(O)O)P(=O)(O)O. The van der Waals surface area contributed by atoms with Gasteiger partial charge in [-0.3, -0.25) is 84.3 Å². The molecule has 5 aliphatic rings. The lowest BCUT2D eigenvalue weighted by Gasteiger charge is -2.41. The Balaban J connectivity index is 0.00000159. The van der Waals surface area contributed by atoms with Gasteiger partial charge in [-0.2, -0.15) is 0 Å². The number of carbonyl (C=O) groups is 5. The molecule has 5 rings (SSSR count). The van der Waals surface area contributed by atoms with Gasteiger partial charge in [0.1, 0.15) is 28.9 Å². The average Bonchev–Trinajstić information content (AvgIpc) is 0.758. The van der Waals surface area contributed by atoms with Crippen LogP contribution >= 0.6 is 76.0 Å². The third-order valence-corrected chi connectivity index (χ3v) is 33.7. The van der Waals surface area contributed by atoms with Gasteiger partial charge in [0.25, 0.3) is 0 Å². The highest BCUT2D eigenvalue weighted by molar-refractivity contribution is 7.73. The van der Waals surface area contributed by atoms with Crippen LogP contribution in [0.3, 0.4) is 0 Å². The predicted molar refractivity (Wildman–Crippen MR) is 392 cm³/mol. The molecule has 0 spiro atoms. The Hall–Kier alpha value is -0.470. The standard InChI is InChI=1S/C9H33N3O30P10.5C9H17NO/c13-43(14,15)5(44(16,17)18)10(1-3-11(6(45(19,20)21)46(22,23)24)7(47(25,26)27)48(28,29)30)2-4-12(8(49(31,32)33)50(34,35)36)9(51(37,38)39)52(40,41)42;5*1-8(2)5-7(11)6-9(3,4)10-8/h5-9H,1-4H2,(H2,13,14,15)(H2,16,17,18)(H2,19,20,21)(H2,22,23,24)(H2,25,26,27)(H2,28,29,30)(H2,31,32,33)(H2,34,35,36)(H2,37,38,39)(H2,40,41,42);5*10H,5-6H2,1-4H3. The second kappa shape index (κ2) is 36.6. The third-order valence-electron chi connectivity index (χ3n) is 15.6. The topological polar surface area (TPSA) is 731 Å². The molecule has 0 unspecified atom stereocenters. The van der Waals surface area contributed by atoms with E-state index in [1.165, 1.54) is 0 Å². The Kier molecular flexibility index (Phi) is 36.4. The maximum atomic E-state index is 12.3. The van der Waals surface area contributed by atoms with Crippen molar-refractivity contribution in [3.05, 3.63) is 0 Å². The molecule has 0 atom stereocenters. The van der Waals surface area contributed by atoms with Crippen LogP contribution in [0.1, 0.15) is 203 Å². The normalized spacial score (nSPS) is 22.4. The maximum absolute atomic E-state index is 12.3. The van der Waals surface area contributed by atoms with Crippen molar-refractivity contribution >= 4 is 105 Å². The molecule has 5 saturated heterocycles. The number of hydrogen-bond acceptors (Lipinski definition) is 23. The van der Waals surface area contributed by atoms with E-state index in [4.69, 9.17) is 0 Å². The smallest absolute Gasteiger partial charge is 0.323 e. The summed E-state index contributed by atoms with van der Waals surface area (Å²) in [5, 5.41) is 17.2. The molecule has 5 aliphatic heterocycles. The minimum atomic E-state index is -6.63. The summed E-state index contributed by atoms with van der Waals surface area (Å²) in [6.45, 7) is 32.9. The zero-order chi connectivity index (χ0) is 85.9. The Morgan fingerprint density at radius 3 is 0.411 bits per heavy atom. The van der Waals surface area contributed by atoms with Gasteiger partial charge in [0, 0.05) is 146 Å². The van der Waals surface area contributed by atoms with E-state index >= 15 is 0 Å². The van der Waals surface area contributed by atoms with Crippen molar-refractivity contribution in [2.24, 2.45) is 0 Å². The molecule has 43 nitrogen and oxygen atoms in total. The van der Waals surface area contributed by atoms with Crippen molar-refractivity contribution < 1.29 is 167 Å². The molecule has 0 amide bonds. The van der Waals surface area contributed by atoms with Gasteiger partial charge in [0.2, 0.25) is 27.6 Å². The van der Waals surface area contributed by atoms with E-state index in [2.05, 4.69) is 165 Å². The van der Waals surface area contributed by atoms with E-state index in [0.717, 1.165) is 0 Å². The molecule has 0 radical (unpaired) electrons. The van der Waals surface area contributed by atoms with Gasteiger partial charge in [-0.05, 0) is 138 Å². The molecule has 0 aliphatic carbocycles. The van der Waals surface area contributed by atoms with Gasteiger partial charge in [-0.1, -0.05) is 0 Å². The van der Waals surface area contributed by atoms with E-state index in [1.54, 1.807) is 0 Å². The minimum Gasteiger partial charge on any atom is -0.323 e. The second-order valence-electron chi connectivity index (χ2n) is 34.1. The highest BCUT2D eigenvalue weighted by Gasteiger charge is 2.61. The first kappa shape index (κ1) is 107. The summed E-state index contributed by atoms with van der Waals surface area (Å²) in [7, 11) is -66.1. The Bertz CT molecular complexity index is 3010. The monoisotopic (exact) mass is 1750 g/mol. The van der Waals surface area contributed by atoms with Gasteiger partial charge in [-0.25, -0.2) is 0 Å². The van der Waals surface area contributed by atoms with Crippen LogP contribution < -0.4 is 26.6 Å². The van der Waals surface area contributed by atoms with Gasteiger partial charge >= 0.3 is 76.0 Å². The quantitative estimate of drug-likeness (QED) is 0.0734. The summed E-state index contributed by atoms with van der Waals surface area (Å²) in [6.07, 6.45) is 6.63. The molecular formula is C54H118N8O35P10. The zero-order valence-electron chi connectivity index (χ0n) is 63.7. The van der Waals surface area contributed by atoms with E-state index < -0.39 is 144 Å². The van der Waals surface area contributed by atoms with E-state index in [-0.39, 0.29) is 55.4 Å². The lowest BCUT2D eigenvalue weighted by atomic mass is 9.82. The summed E-state index contributed by atoms with van der Waals surface area (Å²) in [5.41, 5.74) is -20.1. The summed E-state index contributed by atoms with van der Waals surface area (Å²) >= 11 is 0. The van der Waals surface area contributed by atoms with E-state index in [0.29, 0.717) is 93.1 Å². The lowest BCUT2D eigenvalue weighted by Crippen LogP contribution is -2.58. The van der Waals surface area contributed by atoms with Crippen LogP contribution in [0.25, 0.3) is 0 Å².